The third-order valence-corrected chi connectivity index (χ3v) is 5.36. The van der Waals surface area contributed by atoms with Crippen LogP contribution in [0.2, 0.25) is 0 Å². The average Bonchev–Trinajstić information content (AvgIpc) is 3.07. The molecule has 0 heterocycles. The Balaban J connectivity index is 1.64. The van der Waals surface area contributed by atoms with Crippen molar-refractivity contribution in [3.63, 3.8) is 0 Å². The third-order valence-electron chi connectivity index (χ3n) is 5.36. The van der Waals surface area contributed by atoms with E-state index in [0.29, 0.717) is 5.71 Å². The maximum Gasteiger partial charge on any atom is 0.206 e. The Morgan fingerprint density at radius 1 is 0.533 bits per heavy atom. The van der Waals surface area contributed by atoms with Gasteiger partial charge in [0.1, 0.15) is 11.6 Å². The van der Waals surface area contributed by atoms with Crippen molar-refractivity contribution >= 4 is 5.71 Å². The minimum Gasteiger partial charge on any atom is -0.207 e. The van der Waals surface area contributed by atoms with Gasteiger partial charge in [0.05, 0.1) is 5.71 Å². The van der Waals surface area contributed by atoms with Crippen LogP contribution < -0.4 is 0 Å². The molecule has 0 aliphatic heterocycles. The number of nitriles is 1. The second kappa shape index (κ2) is 7.06. The Morgan fingerprint density at radius 3 is 1.33 bits per heavy atom. The predicted molar refractivity (Wildman–Crippen MR) is 114 cm³/mol. The summed E-state index contributed by atoms with van der Waals surface area (Å²) in [5, 5.41) is 9.29. The summed E-state index contributed by atoms with van der Waals surface area (Å²) < 4.78 is 26.6. The summed E-state index contributed by atoms with van der Waals surface area (Å²) in [5.41, 5.74) is 7.95. The van der Waals surface area contributed by atoms with E-state index in [4.69, 9.17) is 0 Å². The minimum absolute atomic E-state index is 0.285. The molecule has 0 amide bonds. The molecule has 0 atom stereocenters. The van der Waals surface area contributed by atoms with E-state index in [1.165, 1.54) is 24.3 Å². The Bertz CT molecular complexity index is 1250. The van der Waals surface area contributed by atoms with Crippen LogP contribution in [-0.4, -0.2) is 5.71 Å². The Hall–Kier alpha value is -4.10. The van der Waals surface area contributed by atoms with E-state index in [9.17, 15) is 14.0 Å². The smallest absolute Gasteiger partial charge is 0.206 e. The van der Waals surface area contributed by atoms with Crippen LogP contribution in [-0.2, 0) is 0 Å². The van der Waals surface area contributed by atoms with Gasteiger partial charge in [-0.25, -0.2) is 8.78 Å². The Labute approximate surface area is 172 Å². The number of halogens is 2. The van der Waals surface area contributed by atoms with Gasteiger partial charge in [-0.1, -0.05) is 48.5 Å². The number of hydrogen-bond donors (Lipinski definition) is 0. The quantitative estimate of drug-likeness (QED) is 0.312. The zero-order valence-corrected chi connectivity index (χ0v) is 15.7. The summed E-state index contributed by atoms with van der Waals surface area (Å²) in [4.78, 5) is 4.11. The van der Waals surface area contributed by atoms with E-state index >= 15 is 0 Å². The van der Waals surface area contributed by atoms with Crippen LogP contribution in [0.25, 0.3) is 33.4 Å². The summed E-state index contributed by atoms with van der Waals surface area (Å²) in [6, 6.07) is 24.6. The normalized spacial score (nSPS) is 11.6. The van der Waals surface area contributed by atoms with E-state index in [0.717, 1.165) is 44.5 Å². The van der Waals surface area contributed by atoms with Crippen molar-refractivity contribution in [2.45, 2.75) is 0 Å². The van der Waals surface area contributed by atoms with E-state index in [1.54, 1.807) is 24.3 Å². The monoisotopic (exact) mass is 392 g/mol. The first-order chi connectivity index (χ1) is 14.6. The van der Waals surface area contributed by atoms with Gasteiger partial charge in [-0.05, 0) is 69.8 Å². The lowest BCUT2D eigenvalue weighted by atomic mass is 9.98. The highest BCUT2D eigenvalue weighted by atomic mass is 19.1. The number of hydrogen-bond acceptors (Lipinski definition) is 2. The van der Waals surface area contributed by atoms with Crippen molar-refractivity contribution in [3.05, 3.63) is 108 Å². The van der Waals surface area contributed by atoms with Crippen molar-refractivity contribution in [1.29, 1.82) is 5.26 Å². The maximum atomic E-state index is 13.3. The molecule has 0 saturated heterocycles. The fourth-order valence-corrected chi connectivity index (χ4v) is 3.91. The summed E-state index contributed by atoms with van der Waals surface area (Å²) in [5.74, 6) is -0.570. The number of fused-ring (bicyclic) bond motifs is 3. The second-order valence-electron chi connectivity index (χ2n) is 7.09. The molecule has 4 aromatic carbocycles. The highest BCUT2D eigenvalue weighted by Crippen LogP contribution is 2.41. The predicted octanol–water partition coefficient (Wildman–Crippen LogP) is 6.60. The van der Waals surface area contributed by atoms with Crippen LogP contribution in [0.4, 0.5) is 8.78 Å². The van der Waals surface area contributed by atoms with Crippen LogP contribution in [0.3, 0.4) is 0 Å². The van der Waals surface area contributed by atoms with Crippen LogP contribution in [0.5, 0.6) is 0 Å². The van der Waals surface area contributed by atoms with Crippen LogP contribution in [0, 0.1) is 23.1 Å². The summed E-state index contributed by atoms with van der Waals surface area (Å²) >= 11 is 0. The SMILES string of the molecule is N#CN=C1c2cc(-c3ccc(F)cc3)ccc2-c2ccc(-c3ccc(F)cc3)cc21. The Kier molecular flexibility index (Phi) is 4.22. The lowest BCUT2D eigenvalue weighted by molar-refractivity contribution is 0.627. The van der Waals surface area contributed by atoms with Gasteiger partial charge in [-0.15, -0.1) is 0 Å². The van der Waals surface area contributed by atoms with Crippen molar-refractivity contribution in [2.75, 3.05) is 0 Å². The largest absolute Gasteiger partial charge is 0.207 e. The number of aliphatic imine (C=N–C) groups is 1. The van der Waals surface area contributed by atoms with E-state index < -0.39 is 0 Å². The first kappa shape index (κ1) is 18.0. The van der Waals surface area contributed by atoms with E-state index in [2.05, 4.69) is 4.99 Å². The molecule has 4 heteroatoms. The van der Waals surface area contributed by atoms with Gasteiger partial charge >= 0.3 is 0 Å². The highest BCUT2D eigenvalue weighted by Gasteiger charge is 2.26. The lowest BCUT2D eigenvalue weighted by Gasteiger charge is -2.06. The van der Waals surface area contributed by atoms with Gasteiger partial charge < -0.3 is 0 Å². The number of benzene rings is 4. The number of rotatable bonds is 2. The maximum absolute atomic E-state index is 13.3. The van der Waals surface area contributed by atoms with Crippen LogP contribution in [0.15, 0.2) is 89.9 Å². The molecule has 0 radical (unpaired) electrons. The van der Waals surface area contributed by atoms with Crippen molar-refractivity contribution in [3.8, 4) is 39.6 Å². The lowest BCUT2D eigenvalue weighted by Crippen LogP contribution is -1.98. The molecule has 0 spiro atoms. The first-order valence-electron chi connectivity index (χ1n) is 9.42. The van der Waals surface area contributed by atoms with Gasteiger partial charge in [0.25, 0.3) is 0 Å². The summed E-state index contributed by atoms with van der Waals surface area (Å²) in [6.45, 7) is 0. The molecule has 0 aromatic heterocycles. The van der Waals surface area contributed by atoms with Crippen LogP contribution >= 0.6 is 0 Å². The summed E-state index contributed by atoms with van der Waals surface area (Å²) in [7, 11) is 0. The van der Waals surface area contributed by atoms with Gasteiger partial charge in [0.15, 0.2) is 0 Å². The fourth-order valence-electron chi connectivity index (χ4n) is 3.91. The molecule has 5 rings (SSSR count). The minimum atomic E-state index is -0.285. The Morgan fingerprint density at radius 2 is 0.933 bits per heavy atom. The second-order valence-corrected chi connectivity index (χ2v) is 7.09. The zero-order valence-electron chi connectivity index (χ0n) is 15.7. The molecule has 1 aliphatic carbocycles. The number of nitrogens with zero attached hydrogens (tertiary/aromatic N) is 2. The standard InChI is InChI=1S/C26H14F2N2/c27-20-7-1-16(2-8-20)18-5-11-22-23-12-6-19(17-3-9-21(28)10-4-17)14-25(23)26(30-15-29)24(22)13-18/h1-14H. The molecule has 2 nitrogen and oxygen atoms in total. The van der Waals surface area contributed by atoms with Crippen molar-refractivity contribution in [2.24, 2.45) is 4.99 Å². The molecule has 0 fully saturated rings. The van der Waals surface area contributed by atoms with Crippen molar-refractivity contribution in [1.82, 2.24) is 0 Å². The first-order valence-corrected chi connectivity index (χ1v) is 9.42. The average molecular weight is 392 g/mol. The zero-order chi connectivity index (χ0) is 20.7. The molecule has 0 unspecified atom stereocenters. The molecule has 1 aliphatic rings. The molecule has 30 heavy (non-hydrogen) atoms. The molecule has 4 aromatic rings. The fraction of sp³-hybridized carbons (Fsp3) is 0. The molecular weight excluding hydrogens is 378 g/mol. The molecule has 0 N–H and O–H groups in total. The summed E-state index contributed by atoms with van der Waals surface area (Å²) in [6.07, 6.45) is 1.91. The van der Waals surface area contributed by atoms with E-state index in [-0.39, 0.29) is 11.6 Å². The van der Waals surface area contributed by atoms with Gasteiger partial charge in [0.2, 0.25) is 6.19 Å². The van der Waals surface area contributed by atoms with Crippen LogP contribution in [0.1, 0.15) is 11.1 Å². The van der Waals surface area contributed by atoms with Crippen molar-refractivity contribution < 1.29 is 8.78 Å². The topological polar surface area (TPSA) is 36.1 Å². The molecule has 0 bridgehead atoms. The van der Waals surface area contributed by atoms with Gasteiger partial charge in [-0.2, -0.15) is 10.3 Å². The third kappa shape index (κ3) is 2.98. The van der Waals surface area contributed by atoms with Gasteiger partial charge in [-0.3, -0.25) is 0 Å². The highest BCUT2D eigenvalue weighted by molar-refractivity contribution is 6.25. The molecule has 0 saturated carbocycles. The molecular formula is C26H14F2N2. The van der Waals surface area contributed by atoms with Gasteiger partial charge in [0, 0.05) is 11.1 Å². The molecule has 142 valence electrons. The van der Waals surface area contributed by atoms with E-state index in [1.807, 2.05) is 42.6 Å².